The van der Waals surface area contributed by atoms with Crippen LogP contribution in [0.1, 0.15) is 21.5 Å². The number of carbonyl (C=O) groups excluding carboxylic acids is 1. The van der Waals surface area contributed by atoms with Crippen molar-refractivity contribution in [2.75, 3.05) is 36.4 Å². The molecule has 1 N–H and O–H groups in total. The quantitative estimate of drug-likeness (QED) is 0.668. The Morgan fingerprint density at radius 1 is 1.03 bits per heavy atom. The molecule has 0 unspecified atom stereocenters. The van der Waals surface area contributed by atoms with Crippen molar-refractivity contribution in [2.24, 2.45) is 0 Å². The molecule has 4 rings (SSSR count). The van der Waals surface area contributed by atoms with Gasteiger partial charge >= 0.3 is 0 Å². The molecule has 5 nitrogen and oxygen atoms in total. The summed E-state index contributed by atoms with van der Waals surface area (Å²) >= 11 is 0. The molecule has 0 saturated carbocycles. The van der Waals surface area contributed by atoms with Gasteiger partial charge in [-0.15, -0.1) is 0 Å². The van der Waals surface area contributed by atoms with Gasteiger partial charge in [-0.25, -0.2) is 13.8 Å². The molecule has 1 amide bonds. The molecule has 1 saturated heterocycles. The van der Waals surface area contributed by atoms with E-state index < -0.39 is 11.6 Å². The molecule has 0 radical (unpaired) electrons. The average Bonchev–Trinajstić information content (AvgIpc) is 2.77. The number of piperazine rings is 1. The highest BCUT2D eigenvalue weighted by atomic mass is 19.1. The van der Waals surface area contributed by atoms with Crippen LogP contribution in [0.2, 0.25) is 0 Å². The molecular weight excluding hydrogens is 398 g/mol. The van der Waals surface area contributed by atoms with Crippen molar-refractivity contribution in [1.29, 1.82) is 0 Å². The molecule has 1 aliphatic rings. The molecule has 160 valence electrons. The highest BCUT2D eigenvalue weighted by Gasteiger charge is 2.19. The summed E-state index contributed by atoms with van der Waals surface area (Å²) in [5.74, 6) is -0.399. The molecule has 3 aromatic rings. The zero-order valence-corrected chi connectivity index (χ0v) is 17.3. The Kier molecular flexibility index (Phi) is 6.23. The summed E-state index contributed by atoms with van der Waals surface area (Å²) < 4.78 is 27.0. The third-order valence-electron chi connectivity index (χ3n) is 5.39. The number of hydrogen-bond donors (Lipinski definition) is 1. The first kappa shape index (κ1) is 20.9. The molecule has 2 heterocycles. The fourth-order valence-electron chi connectivity index (χ4n) is 3.66. The van der Waals surface area contributed by atoms with Crippen LogP contribution < -0.4 is 10.2 Å². The van der Waals surface area contributed by atoms with Crippen LogP contribution in [0.5, 0.6) is 0 Å². The molecule has 7 heteroatoms. The topological polar surface area (TPSA) is 48.5 Å². The largest absolute Gasteiger partial charge is 0.354 e. The minimum atomic E-state index is -0.560. The number of amides is 1. The summed E-state index contributed by atoms with van der Waals surface area (Å²) in [7, 11) is 0. The fraction of sp³-hybridized carbons (Fsp3) is 0.250. The molecule has 0 bridgehead atoms. The van der Waals surface area contributed by atoms with Crippen molar-refractivity contribution < 1.29 is 13.6 Å². The highest BCUT2D eigenvalue weighted by Crippen LogP contribution is 2.19. The molecular formula is C24H24F2N4O. The number of nitrogens with zero attached hydrogens (tertiary/aromatic N) is 3. The van der Waals surface area contributed by atoms with Gasteiger partial charge in [0.1, 0.15) is 17.5 Å². The van der Waals surface area contributed by atoms with Crippen LogP contribution in [-0.4, -0.2) is 42.0 Å². The second-order valence-corrected chi connectivity index (χ2v) is 7.73. The molecule has 2 aromatic carbocycles. The van der Waals surface area contributed by atoms with E-state index in [0.29, 0.717) is 23.4 Å². The number of pyridine rings is 1. The van der Waals surface area contributed by atoms with Crippen molar-refractivity contribution >= 4 is 17.4 Å². The van der Waals surface area contributed by atoms with Gasteiger partial charge in [0, 0.05) is 49.9 Å². The minimum absolute atomic E-state index is 0.167. The van der Waals surface area contributed by atoms with Crippen LogP contribution in [0.25, 0.3) is 0 Å². The number of anilines is 2. The van der Waals surface area contributed by atoms with Crippen molar-refractivity contribution in [2.45, 2.75) is 13.5 Å². The third-order valence-corrected chi connectivity index (χ3v) is 5.39. The maximum atomic E-state index is 13.9. The Bertz CT molecular complexity index is 1060. The third kappa shape index (κ3) is 5.24. The summed E-state index contributed by atoms with van der Waals surface area (Å²) in [4.78, 5) is 21.2. The van der Waals surface area contributed by atoms with E-state index in [9.17, 15) is 13.6 Å². The van der Waals surface area contributed by atoms with E-state index in [-0.39, 0.29) is 5.91 Å². The highest BCUT2D eigenvalue weighted by molar-refractivity contribution is 6.04. The van der Waals surface area contributed by atoms with Crippen molar-refractivity contribution in [3.05, 3.63) is 89.1 Å². The van der Waals surface area contributed by atoms with Crippen molar-refractivity contribution in [3.8, 4) is 0 Å². The maximum Gasteiger partial charge on any atom is 0.255 e. The van der Waals surface area contributed by atoms with Crippen LogP contribution in [0.3, 0.4) is 0 Å². The van der Waals surface area contributed by atoms with Gasteiger partial charge in [-0.05, 0) is 37.3 Å². The standard InChI is InChI=1S/C24H24F2N4O/c1-17-3-2-4-18(13-17)24(31)28-21-7-8-23(27-15-21)30-11-9-29(10-12-30)16-19-5-6-20(25)14-22(19)26/h2-8,13-15H,9-12,16H2,1H3,(H,28,31). The van der Waals surface area contributed by atoms with Crippen molar-refractivity contribution in [3.63, 3.8) is 0 Å². The first-order valence-corrected chi connectivity index (χ1v) is 10.2. The van der Waals surface area contributed by atoms with Gasteiger partial charge in [-0.1, -0.05) is 23.8 Å². The molecule has 1 aliphatic heterocycles. The summed E-state index contributed by atoms with van der Waals surface area (Å²) in [6, 6.07) is 14.9. The molecule has 0 atom stereocenters. The first-order valence-electron chi connectivity index (χ1n) is 10.2. The van der Waals surface area contributed by atoms with E-state index in [2.05, 4.69) is 20.1 Å². The Hall–Kier alpha value is -3.32. The number of hydrogen-bond acceptors (Lipinski definition) is 4. The second kappa shape index (κ2) is 9.22. The normalized spacial score (nSPS) is 14.5. The first-order chi connectivity index (χ1) is 15.0. The van der Waals surface area contributed by atoms with Gasteiger partial charge in [0.2, 0.25) is 0 Å². The fourth-order valence-corrected chi connectivity index (χ4v) is 3.66. The van der Waals surface area contributed by atoms with E-state index >= 15 is 0 Å². The zero-order chi connectivity index (χ0) is 21.8. The predicted molar refractivity (Wildman–Crippen MR) is 117 cm³/mol. The Morgan fingerprint density at radius 3 is 2.52 bits per heavy atom. The summed E-state index contributed by atoms with van der Waals surface area (Å²) in [6.45, 7) is 5.42. The summed E-state index contributed by atoms with van der Waals surface area (Å²) in [5.41, 5.74) is 2.78. The van der Waals surface area contributed by atoms with Gasteiger partial charge in [0.05, 0.1) is 11.9 Å². The van der Waals surface area contributed by atoms with Gasteiger partial charge in [-0.2, -0.15) is 0 Å². The number of nitrogens with one attached hydrogen (secondary N) is 1. The number of rotatable bonds is 5. The molecule has 1 fully saturated rings. The molecule has 1 aromatic heterocycles. The van der Waals surface area contributed by atoms with Gasteiger partial charge < -0.3 is 10.2 Å². The molecule has 0 spiro atoms. The lowest BCUT2D eigenvalue weighted by Crippen LogP contribution is -2.46. The average molecular weight is 422 g/mol. The lowest BCUT2D eigenvalue weighted by atomic mass is 10.1. The lowest BCUT2D eigenvalue weighted by Gasteiger charge is -2.35. The number of benzene rings is 2. The monoisotopic (exact) mass is 422 g/mol. The van der Waals surface area contributed by atoms with Crippen LogP contribution in [0.15, 0.2) is 60.8 Å². The maximum absolute atomic E-state index is 13.9. The Labute approximate surface area is 180 Å². The minimum Gasteiger partial charge on any atom is -0.354 e. The van der Waals surface area contributed by atoms with Crippen molar-refractivity contribution in [1.82, 2.24) is 9.88 Å². The Morgan fingerprint density at radius 2 is 1.84 bits per heavy atom. The van der Waals surface area contributed by atoms with E-state index in [1.807, 2.05) is 37.3 Å². The smallest absolute Gasteiger partial charge is 0.255 e. The van der Waals surface area contributed by atoms with Crippen LogP contribution in [0, 0.1) is 18.6 Å². The molecule has 31 heavy (non-hydrogen) atoms. The van der Waals surface area contributed by atoms with Gasteiger partial charge in [0.25, 0.3) is 5.91 Å². The number of halogens is 2. The Balaban J connectivity index is 1.31. The lowest BCUT2D eigenvalue weighted by molar-refractivity contribution is 0.102. The van der Waals surface area contributed by atoms with Crippen LogP contribution in [0.4, 0.5) is 20.3 Å². The van der Waals surface area contributed by atoms with E-state index in [1.54, 1.807) is 12.3 Å². The summed E-state index contributed by atoms with van der Waals surface area (Å²) in [6.07, 6.45) is 1.66. The number of aromatic nitrogens is 1. The number of carbonyl (C=O) groups is 1. The van der Waals surface area contributed by atoms with E-state index in [1.165, 1.54) is 12.1 Å². The van der Waals surface area contributed by atoms with E-state index in [4.69, 9.17) is 0 Å². The van der Waals surface area contributed by atoms with E-state index in [0.717, 1.165) is 43.6 Å². The zero-order valence-electron chi connectivity index (χ0n) is 17.3. The number of aryl methyl sites for hydroxylation is 1. The SMILES string of the molecule is Cc1cccc(C(=O)Nc2ccc(N3CCN(Cc4ccc(F)cc4F)CC3)nc2)c1. The predicted octanol–water partition coefficient (Wildman–Crippen LogP) is 4.24. The van der Waals surface area contributed by atoms with Gasteiger partial charge in [0.15, 0.2) is 0 Å². The summed E-state index contributed by atoms with van der Waals surface area (Å²) in [5, 5.41) is 2.87. The molecule has 0 aliphatic carbocycles. The second-order valence-electron chi connectivity index (χ2n) is 7.73. The van der Waals surface area contributed by atoms with Crippen LogP contribution >= 0.6 is 0 Å². The van der Waals surface area contributed by atoms with Crippen LogP contribution in [-0.2, 0) is 6.54 Å². The van der Waals surface area contributed by atoms with Gasteiger partial charge in [-0.3, -0.25) is 9.69 Å².